The van der Waals surface area contributed by atoms with Crippen molar-refractivity contribution in [2.24, 2.45) is 11.7 Å². The minimum Gasteiger partial charge on any atom is -0.315 e. The highest BCUT2D eigenvalue weighted by molar-refractivity contribution is 7.90. The van der Waals surface area contributed by atoms with Crippen LogP contribution in [0.4, 0.5) is 13.2 Å². The number of hydrogen-bond donors (Lipinski definition) is 1. The number of nitrogens with two attached hydrogens (primary N) is 1. The number of halogens is 3. The molecule has 1 atom stereocenters. The standard InChI is InChI=1S/C14H14F3NO4S/c1-23(21,22)10-6-8(14(15,16)17)4-5-9(10)13(20)11(18)12(19)7-2-3-7/h4-7,11H,2-3,18H2,1H3. The van der Waals surface area contributed by atoms with Gasteiger partial charge in [-0.2, -0.15) is 13.2 Å². The van der Waals surface area contributed by atoms with Crippen molar-refractivity contribution < 1.29 is 31.2 Å². The molecule has 0 heterocycles. The smallest absolute Gasteiger partial charge is 0.315 e. The van der Waals surface area contributed by atoms with Crippen LogP contribution in [0.25, 0.3) is 0 Å². The zero-order chi connectivity index (χ0) is 17.6. The van der Waals surface area contributed by atoms with Gasteiger partial charge in [0.2, 0.25) is 0 Å². The highest BCUT2D eigenvalue weighted by Gasteiger charge is 2.38. The summed E-state index contributed by atoms with van der Waals surface area (Å²) in [6.07, 6.45) is -2.86. The molecule has 5 nitrogen and oxygen atoms in total. The van der Waals surface area contributed by atoms with E-state index in [2.05, 4.69) is 0 Å². The number of rotatable bonds is 5. The number of ketones is 2. The lowest BCUT2D eigenvalue weighted by molar-refractivity contribution is -0.137. The average Bonchev–Trinajstić information content (AvgIpc) is 3.27. The molecule has 1 saturated carbocycles. The SMILES string of the molecule is CS(=O)(=O)c1cc(C(F)(F)F)ccc1C(=O)C(N)C(=O)C1CC1. The third-order valence-electron chi connectivity index (χ3n) is 3.54. The van der Waals surface area contributed by atoms with E-state index >= 15 is 0 Å². The van der Waals surface area contributed by atoms with Gasteiger partial charge in [-0.25, -0.2) is 8.42 Å². The van der Waals surface area contributed by atoms with Crippen molar-refractivity contribution in [2.45, 2.75) is 30.0 Å². The summed E-state index contributed by atoms with van der Waals surface area (Å²) in [6.45, 7) is 0. The molecule has 0 bridgehead atoms. The van der Waals surface area contributed by atoms with Crippen molar-refractivity contribution in [3.05, 3.63) is 29.3 Å². The first-order valence-electron chi connectivity index (χ1n) is 6.67. The van der Waals surface area contributed by atoms with Crippen LogP contribution in [0.1, 0.15) is 28.8 Å². The van der Waals surface area contributed by atoms with Crippen molar-refractivity contribution in [2.75, 3.05) is 6.26 Å². The number of sulfone groups is 1. The van der Waals surface area contributed by atoms with Crippen molar-refractivity contribution in [1.29, 1.82) is 0 Å². The van der Waals surface area contributed by atoms with Crippen LogP contribution in [-0.2, 0) is 20.8 Å². The molecule has 1 fully saturated rings. The van der Waals surface area contributed by atoms with Gasteiger partial charge in [0.05, 0.1) is 10.5 Å². The Balaban J connectivity index is 2.49. The van der Waals surface area contributed by atoms with Gasteiger partial charge < -0.3 is 5.73 Å². The van der Waals surface area contributed by atoms with Crippen LogP contribution < -0.4 is 5.73 Å². The summed E-state index contributed by atoms with van der Waals surface area (Å²) in [4.78, 5) is 23.3. The number of carbonyl (C=O) groups is 2. The fraction of sp³-hybridized carbons (Fsp3) is 0.429. The largest absolute Gasteiger partial charge is 0.416 e. The molecule has 1 aromatic rings. The molecule has 1 aliphatic rings. The van der Waals surface area contributed by atoms with Crippen molar-refractivity contribution in [3.8, 4) is 0 Å². The Bertz CT molecular complexity index is 767. The van der Waals surface area contributed by atoms with Crippen LogP contribution in [0.5, 0.6) is 0 Å². The number of benzene rings is 1. The second-order valence-corrected chi connectivity index (χ2v) is 7.48. The van der Waals surface area contributed by atoms with E-state index in [-0.39, 0.29) is 5.92 Å². The van der Waals surface area contributed by atoms with Gasteiger partial charge in [-0.1, -0.05) is 0 Å². The lowest BCUT2D eigenvalue weighted by atomic mass is 9.98. The number of alkyl halides is 3. The average molecular weight is 349 g/mol. The van der Waals surface area contributed by atoms with E-state index in [1.54, 1.807) is 0 Å². The molecule has 1 aromatic carbocycles. The van der Waals surface area contributed by atoms with Gasteiger partial charge in [0, 0.05) is 17.7 Å². The second kappa shape index (κ2) is 5.72. The lowest BCUT2D eigenvalue weighted by Gasteiger charge is -2.14. The molecular weight excluding hydrogens is 335 g/mol. The summed E-state index contributed by atoms with van der Waals surface area (Å²) in [5, 5.41) is 0. The summed E-state index contributed by atoms with van der Waals surface area (Å²) in [7, 11) is -4.11. The zero-order valence-electron chi connectivity index (χ0n) is 12.1. The van der Waals surface area contributed by atoms with Gasteiger partial charge in [0.25, 0.3) is 0 Å². The van der Waals surface area contributed by atoms with Crippen LogP contribution in [-0.4, -0.2) is 32.3 Å². The molecule has 0 aromatic heterocycles. The van der Waals surface area contributed by atoms with Gasteiger partial charge in [-0.05, 0) is 31.0 Å². The van der Waals surface area contributed by atoms with E-state index < -0.39 is 49.6 Å². The van der Waals surface area contributed by atoms with Crippen molar-refractivity contribution in [3.63, 3.8) is 0 Å². The van der Waals surface area contributed by atoms with E-state index in [0.29, 0.717) is 31.2 Å². The molecule has 23 heavy (non-hydrogen) atoms. The van der Waals surface area contributed by atoms with Gasteiger partial charge in [0.15, 0.2) is 21.4 Å². The minimum absolute atomic E-state index is 0.329. The van der Waals surface area contributed by atoms with Crippen LogP contribution in [0.3, 0.4) is 0 Å². The lowest BCUT2D eigenvalue weighted by Crippen LogP contribution is -2.40. The summed E-state index contributed by atoms with van der Waals surface area (Å²) < 4.78 is 61.7. The summed E-state index contributed by atoms with van der Waals surface area (Å²) >= 11 is 0. The Hall–Kier alpha value is -1.74. The highest BCUT2D eigenvalue weighted by Crippen LogP contribution is 2.34. The molecule has 0 amide bonds. The fourth-order valence-corrected chi connectivity index (χ4v) is 3.04. The van der Waals surface area contributed by atoms with E-state index in [9.17, 15) is 31.2 Å². The Morgan fingerprint density at radius 3 is 2.26 bits per heavy atom. The van der Waals surface area contributed by atoms with Crippen LogP contribution in [0, 0.1) is 5.92 Å². The summed E-state index contributed by atoms with van der Waals surface area (Å²) in [5.74, 6) is -1.84. The highest BCUT2D eigenvalue weighted by atomic mass is 32.2. The number of Topliss-reactive ketones (excluding diaryl/α,β-unsaturated/α-hetero) is 2. The number of hydrogen-bond acceptors (Lipinski definition) is 5. The Morgan fingerprint density at radius 2 is 1.83 bits per heavy atom. The maximum atomic E-state index is 12.7. The Morgan fingerprint density at radius 1 is 1.26 bits per heavy atom. The normalized spacial score (nSPS) is 16.9. The monoisotopic (exact) mass is 349 g/mol. The first-order chi connectivity index (χ1) is 10.4. The van der Waals surface area contributed by atoms with Crippen molar-refractivity contribution in [1.82, 2.24) is 0 Å². The summed E-state index contributed by atoms with van der Waals surface area (Å²) in [5.41, 5.74) is 3.86. The molecule has 0 radical (unpaired) electrons. The molecular formula is C14H14F3NO4S. The van der Waals surface area contributed by atoms with Crippen LogP contribution in [0.15, 0.2) is 23.1 Å². The van der Waals surface area contributed by atoms with E-state index in [0.717, 1.165) is 6.07 Å². The molecule has 126 valence electrons. The van der Waals surface area contributed by atoms with Crippen LogP contribution in [0.2, 0.25) is 0 Å². The first kappa shape index (κ1) is 17.6. The Kier molecular flexibility index (Phi) is 4.38. The molecule has 0 spiro atoms. The van der Waals surface area contributed by atoms with Gasteiger partial charge in [-0.15, -0.1) is 0 Å². The third kappa shape index (κ3) is 3.78. The minimum atomic E-state index is -4.76. The van der Waals surface area contributed by atoms with Gasteiger partial charge in [0.1, 0.15) is 6.04 Å². The third-order valence-corrected chi connectivity index (χ3v) is 4.68. The summed E-state index contributed by atoms with van der Waals surface area (Å²) in [6, 6.07) is 0.161. The molecule has 9 heteroatoms. The maximum Gasteiger partial charge on any atom is 0.416 e. The first-order valence-corrected chi connectivity index (χ1v) is 8.57. The van der Waals surface area contributed by atoms with E-state index in [1.165, 1.54) is 0 Å². The van der Waals surface area contributed by atoms with Gasteiger partial charge in [-0.3, -0.25) is 9.59 Å². The second-order valence-electron chi connectivity index (χ2n) is 5.50. The van der Waals surface area contributed by atoms with Crippen LogP contribution >= 0.6 is 0 Å². The topological polar surface area (TPSA) is 94.3 Å². The molecule has 0 aliphatic heterocycles. The maximum absolute atomic E-state index is 12.7. The number of carbonyl (C=O) groups excluding carboxylic acids is 2. The Labute approximate surface area is 130 Å². The quantitative estimate of drug-likeness (QED) is 0.644. The van der Waals surface area contributed by atoms with Crippen molar-refractivity contribution >= 4 is 21.4 Å². The van der Waals surface area contributed by atoms with E-state index in [1.807, 2.05) is 0 Å². The predicted molar refractivity (Wildman–Crippen MR) is 74.6 cm³/mol. The van der Waals surface area contributed by atoms with Gasteiger partial charge >= 0.3 is 6.18 Å². The zero-order valence-corrected chi connectivity index (χ0v) is 12.9. The molecule has 2 rings (SSSR count). The molecule has 1 aliphatic carbocycles. The predicted octanol–water partition coefficient (Wildman–Crippen LogP) is 1.60. The molecule has 0 saturated heterocycles. The molecule has 2 N–H and O–H groups in total. The fourth-order valence-electron chi connectivity index (χ4n) is 2.13. The van der Waals surface area contributed by atoms with E-state index in [4.69, 9.17) is 5.73 Å². The molecule has 1 unspecified atom stereocenters.